The maximum atomic E-state index is 11.8. The van der Waals surface area contributed by atoms with E-state index in [9.17, 15) is 4.79 Å². The van der Waals surface area contributed by atoms with Gasteiger partial charge in [-0.2, -0.15) is 0 Å². The van der Waals surface area contributed by atoms with Gasteiger partial charge in [-0.25, -0.2) is 0 Å². The summed E-state index contributed by atoms with van der Waals surface area (Å²) in [5.41, 5.74) is 0. The quantitative estimate of drug-likeness (QED) is 0.776. The Morgan fingerprint density at radius 1 is 1.21 bits per heavy atom. The van der Waals surface area contributed by atoms with Gasteiger partial charge in [0.05, 0.1) is 7.11 Å². The molecule has 1 fully saturated rings. The summed E-state index contributed by atoms with van der Waals surface area (Å²) in [5, 5.41) is 3.50. The highest BCUT2D eigenvalue weighted by Gasteiger charge is 2.27. The molecule has 0 bridgehead atoms. The van der Waals surface area contributed by atoms with Crippen LogP contribution < -0.4 is 5.32 Å². The molecule has 0 aromatic carbocycles. The molecule has 1 saturated heterocycles. The predicted octanol–water partition coefficient (Wildman–Crippen LogP) is 2.04. The Balaban J connectivity index is 2.53. The summed E-state index contributed by atoms with van der Waals surface area (Å²) >= 11 is 0. The highest BCUT2D eigenvalue weighted by Crippen LogP contribution is 2.15. The summed E-state index contributed by atoms with van der Waals surface area (Å²) in [7, 11) is 1.47. The fourth-order valence-electron chi connectivity index (χ4n) is 2.72. The standard InChI is InChI=1S/C15H30N2O2/c1-11(2)14(15(18)19-5)16-13-7-6-9-17(10-8-13)12(3)4/h11-14,16H,6-10H2,1-5H3. The Morgan fingerprint density at radius 3 is 2.42 bits per heavy atom. The topological polar surface area (TPSA) is 41.6 Å². The second-order valence-electron chi connectivity index (χ2n) is 6.17. The fraction of sp³-hybridized carbons (Fsp3) is 0.933. The van der Waals surface area contributed by atoms with E-state index >= 15 is 0 Å². The zero-order valence-electron chi connectivity index (χ0n) is 13.1. The third-order valence-corrected chi connectivity index (χ3v) is 4.03. The first-order valence-electron chi connectivity index (χ1n) is 7.53. The molecule has 4 nitrogen and oxygen atoms in total. The largest absolute Gasteiger partial charge is 0.468 e. The van der Waals surface area contributed by atoms with Gasteiger partial charge in [0.25, 0.3) is 0 Å². The van der Waals surface area contributed by atoms with Crippen LogP contribution in [0.5, 0.6) is 0 Å². The van der Waals surface area contributed by atoms with E-state index in [1.807, 2.05) is 0 Å². The van der Waals surface area contributed by atoms with Crippen molar-refractivity contribution in [3.8, 4) is 0 Å². The average molecular weight is 270 g/mol. The van der Waals surface area contributed by atoms with Crippen molar-refractivity contribution in [2.45, 2.75) is 65.1 Å². The minimum absolute atomic E-state index is 0.139. The van der Waals surface area contributed by atoms with Crippen molar-refractivity contribution in [1.82, 2.24) is 10.2 Å². The van der Waals surface area contributed by atoms with Crippen LogP contribution in [0.3, 0.4) is 0 Å². The van der Waals surface area contributed by atoms with Crippen LogP contribution in [0, 0.1) is 5.92 Å². The summed E-state index contributed by atoms with van der Waals surface area (Å²) in [6, 6.07) is 0.858. The summed E-state index contributed by atoms with van der Waals surface area (Å²) in [6.07, 6.45) is 3.45. The zero-order chi connectivity index (χ0) is 14.4. The lowest BCUT2D eigenvalue weighted by Crippen LogP contribution is -2.47. The number of carbonyl (C=O) groups is 1. The Bertz CT molecular complexity index is 279. The van der Waals surface area contributed by atoms with Crippen molar-refractivity contribution in [1.29, 1.82) is 0 Å². The van der Waals surface area contributed by atoms with Crippen LogP contribution in [-0.2, 0) is 9.53 Å². The number of methoxy groups -OCH3 is 1. The smallest absolute Gasteiger partial charge is 0.323 e. The van der Waals surface area contributed by atoms with Crippen LogP contribution in [0.15, 0.2) is 0 Å². The molecule has 112 valence electrons. The van der Waals surface area contributed by atoms with Gasteiger partial charge in [-0.05, 0) is 52.1 Å². The minimum Gasteiger partial charge on any atom is -0.468 e. The second-order valence-corrected chi connectivity index (χ2v) is 6.17. The van der Waals surface area contributed by atoms with E-state index in [0.29, 0.717) is 12.1 Å². The van der Waals surface area contributed by atoms with Gasteiger partial charge in [-0.3, -0.25) is 4.79 Å². The Morgan fingerprint density at radius 2 is 1.89 bits per heavy atom. The molecule has 1 rings (SSSR count). The highest BCUT2D eigenvalue weighted by molar-refractivity contribution is 5.75. The van der Waals surface area contributed by atoms with Crippen LogP contribution in [0.2, 0.25) is 0 Å². The van der Waals surface area contributed by atoms with Gasteiger partial charge in [-0.1, -0.05) is 13.8 Å². The molecular weight excluding hydrogens is 240 g/mol. The first kappa shape index (κ1) is 16.4. The van der Waals surface area contributed by atoms with Crippen LogP contribution in [0.25, 0.3) is 0 Å². The van der Waals surface area contributed by atoms with Gasteiger partial charge < -0.3 is 15.0 Å². The van der Waals surface area contributed by atoms with Gasteiger partial charge >= 0.3 is 5.97 Å². The number of rotatable bonds is 5. The van der Waals surface area contributed by atoms with Crippen molar-refractivity contribution >= 4 is 5.97 Å². The molecule has 0 amide bonds. The molecule has 1 N–H and O–H groups in total. The Kier molecular flexibility index (Phi) is 6.80. The van der Waals surface area contributed by atoms with Gasteiger partial charge in [0, 0.05) is 12.1 Å². The van der Waals surface area contributed by atoms with Gasteiger partial charge in [-0.15, -0.1) is 0 Å². The lowest BCUT2D eigenvalue weighted by molar-refractivity contribution is -0.144. The molecule has 0 aliphatic carbocycles. The van der Waals surface area contributed by atoms with Crippen molar-refractivity contribution in [3.63, 3.8) is 0 Å². The number of likely N-dealkylation sites (tertiary alicyclic amines) is 1. The van der Waals surface area contributed by atoms with Gasteiger partial charge in [0.2, 0.25) is 0 Å². The van der Waals surface area contributed by atoms with E-state index in [4.69, 9.17) is 4.74 Å². The predicted molar refractivity (Wildman–Crippen MR) is 78.1 cm³/mol. The number of ether oxygens (including phenoxy) is 1. The van der Waals surface area contributed by atoms with Crippen molar-refractivity contribution in [3.05, 3.63) is 0 Å². The summed E-state index contributed by atoms with van der Waals surface area (Å²) in [5.74, 6) is 0.122. The normalized spacial score (nSPS) is 23.4. The van der Waals surface area contributed by atoms with E-state index in [2.05, 4.69) is 37.9 Å². The number of nitrogens with one attached hydrogen (secondary N) is 1. The van der Waals surface area contributed by atoms with E-state index < -0.39 is 0 Å². The molecule has 19 heavy (non-hydrogen) atoms. The first-order valence-corrected chi connectivity index (χ1v) is 7.53. The third kappa shape index (κ3) is 5.11. The van der Waals surface area contributed by atoms with Crippen LogP contribution in [0.4, 0.5) is 0 Å². The molecule has 2 unspecified atom stereocenters. The maximum absolute atomic E-state index is 11.8. The number of carbonyl (C=O) groups excluding carboxylic acids is 1. The Hall–Kier alpha value is -0.610. The maximum Gasteiger partial charge on any atom is 0.323 e. The summed E-state index contributed by atoms with van der Waals surface area (Å²) in [6.45, 7) is 10.9. The summed E-state index contributed by atoms with van der Waals surface area (Å²) in [4.78, 5) is 14.3. The number of nitrogens with zero attached hydrogens (tertiary/aromatic N) is 1. The van der Waals surface area contributed by atoms with E-state index in [1.54, 1.807) is 0 Å². The van der Waals surface area contributed by atoms with E-state index in [-0.39, 0.29) is 17.9 Å². The van der Waals surface area contributed by atoms with Gasteiger partial charge in [0.15, 0.2) is 0 Å². The molecule has 1 aliphatic heterocycles. The van der Waals surface area contributed by atoms with Crippen LogP contribution >= 0.6 is 0 Å². The molecule has 1 heterocycles. The zero-order valence-corrected chi connectivity index (χ0v) is 13.1. The molecule has 2 atom stereocenters. The number of hydrogen-bond donors (Lipinski definition) is 1. The van der Waals surface area contributed by atoms with Crippen molar-refractivity contribution in [2.75, 3.05) is 20.2 Å². The molecule has 1 aliphatic rings. The van der Waals surface area contributed by atoms with Crippen molar-refractivity contribution in [2.24, 2.45) is 5.92 Å². The summed E-state index contributed by atoms with van der Waals surface area (Å²) < 4.78 is 4.89. The minimum atomic E-state index is -0.180. The fourth-order valence-corrected chi connectivity index (χ4v) is 2.72. The van der Waals surface area contributed by atoms with Crippen LogP contribution in [-0.4, -0.2) is 49.2 Å². The van der Waals surface area contributed by atoms with E-state index in [0.717, 1.165) is 19.4 Å². The van der Waals surface area contributed by atoms with E-state index in [1.165, 1.54) is 20.1 Å². The molecular formula is C15H30N2O2. The number of esters is 1. The van der Waals surface area contributed by atoms with Crippen LogP contribution in [0.1, 0.15) is 47.0 Å². The SMILES string of the molecule is COC(=O)C(NC1CCCN(C(C)C)CC1)C(C)C. The Labute approximate surface area is 117 Å². The molecule has 0 radical (unpaired) electrons. The molecule has 0 saturated carbocycles. The molecule has 0 aromatic heterocycles. The van der Waals surface area contributed by atoms with Crippen molar-refractivity contribution < 1.29 is 9.53 Å². The molecule has 0 aromatic rings. The number of hydrogen-bond acceptors (Lipinski definition) is 4. The second kappa shape index (κ2) is 7.85. The van der Waals surface area contributed by atoms with Gasteiger partial charge in [0.1, 0.15) is 6.04 Å². The third-order valence-electron chi connectivity index (χ3n) is 4.03. The first-order chi connectivity index (χ1) is 8.95. The lowest BCUT2D eigenvalue weighted by atomic mass is 10.0. The lowest BCUT2D eigenvalue weighted by Gasteiger charge is -2.27. The highest BCUT2D eigenvalue weighted by atomic mass is 16.5. The monoisotopic (exact) mass is 270 g/mol. The molecule has 4 heteroatoms. The molecule has 0 spiro atoms. The average Bonchev–Trinajstić information content (AvgIpc) is 2.60.